The summed E-state index contributed by atoms with van der Waals surface area (Å²) in [6.45, 7) is 3.40. The van der Waals surface area contributed by atoms with Gasteiger partial charge in [0.25, 0.3) is 0 Å². The van der Waals surface area contributed by atoms with Gasteiger partial charge in [-0.05, 0) is 43.4 Å². The molecule has 1 unspecified atom stereocenters. The zero-order valence-corrected chi connectivity index (χ0v) is 10.1. The van der Waals surface area contributed by atoms with Crippen molar-refractivity contribution in [3.63, 3.8) is 0 Å². The first kappa shape index (κ1) is 11.2. The summed E-state index contributed by atoms with van der Waals surface area (Å²) < 4.78 is 13.2. The zero-order valence-electron chi connectivity index (χ0n) is 10.1. The monoisotopic (exact) mass is 235 g/mol. The highest BCUT2D eigenvalue weighted by Crippen LogP contribution is 2.38. The van der Waals surface area contributed by atoms with Crippen molar-refractivity contribution >= 4 is 0 Å². The van der Waals surface area contributed by atoms with Crippen LogP contribution < -0.4 is 0 Å². The fourth-order valence-electron chi connectivity index (χ4n) is 2.74. The van der Waals surface area contributed by atoms with Gasteiger partial charge in [-0.25, -0.2) is 4.39 Å². The molecule has 2 nitrogen and oxygen atoms in total. The lowest BCUT2D eigenvalue weighted by molar-refractivity contribution is 0.0451. The minimum atomic E-state index is -0.777. The second-order valence-electron chi connectivity index (χ2n) is 5.45. The molecule has 0 radical (unpaired) electrons. The molecule has 1 heterocycles. The van der Waals surface area contributed by atoms with E-state index in [9.17, 15) is 9.50 Å². The Morgan fingerprint density at radius 2 is 2.18 bits per heavy atom. The number of aryl methyl sites for hydroxylation is 1. The Morgan fingerprint density at radius 1 is 1.41 bits per heavy atom. The molecule has 1 atom stereocenters. The number of benzene rings is 1. The van der Waals surface area contributed by atoms with Crippen LogP contribution in [0.25, 0.3) is 0 Å². The van der Waals surface area contributed by atoms with Gasteiger partial charge in [-0.1, -0.05) is 12.1 Å². The third-order valence-corrected chi connectivity index (χ3v) is 4.04. The number of β-amino-alcohol motifs (C(OH)–C–C–N with tert-alkyl or cyclic N) is 1. The SMILES string of the molecule is Cc1cc(C2(O)CCN(C3CC3)C2)ccc1F. The summed E-state index contributed by atoms with van der Waals surface area (Å²) in [5, 5.41) is 10.7. The quantitative estimate of drug-likeness (QED) is 0.849. The number of halogens is 1. The Morgan fingerprint density at radius 3 is 2.82 bits per heavy atom. The van der Waals surface area contributed by atoms with Gasteiger partial charge in [0.05, 0.1) is 0 Å². The van der Waals surface area contributed by atoms with E-state index in [2.05, 4.69) is 4.90 Å². The van der Waals surface area contributed by atoms with E-state index in [-0.39, 0.29) is 5.82 Å². The van der Waals surface area contributed by atoms with Crippen LogP contribution in [-0.4, -0.2) is 29.1 Å². The molecule has 1 saturated heterocycles. The first-order valence-corrected chi connectivity index (χ1v) is 6.31. The molecule has 0 amide bonds. The van der Waals surface area contributed by atoms with E-state index in [1.54, 1.807) is 19.1 Å². The molecular weight excluding hydrogens is 217 g/mol. The molecule has 1 saturated carbocycles. The van der Waals surface area contributed by atoms with Gasteiger partial charge in [0.15, 0.2) is 0 Å². The fraction of sp³-hybridized carbons (Fsp3) is 0.571. The van der Waals surface area contributed by atoms with Gasteiger partial charge in [0.1, 0.15) is 11.4 Å². The average Bonchev–Trinajstić information content (AvgIpc) is 3.07. The Balaban J connectivity index is 1.84. The third-order valence-electron chi connectivity index (χ3n) is 4.04. The second kappa shape index (κ2) is 3.79. The minimum absolute atomic E-state index is 0.200. The number of aliphatic hydroxyl groups is 1. The largest absolute Gasteiger partial charge is 0.384 e. The molecule has 2 aliphatic rings. The summed E-state index contributed by atoms with van der Waals surface area (Å²) in [4.78, 5) is 2.36. The maximum Gasteiger partial charge on any atom is 0.126 e. The Hall–Kier alpha value is -0.930. The van der Waals surface area contributed by atoms with Crippen LogP contribution in [0.4, 0.5) is 4.39 Å². The van der Waals surface area contributed by atoms with E-state index in [4.69, 9.17) is 0 Å². The predicted molar refractivity (Wildman–Crippen MR) is 64.2 cm³/mol. The van der Waals surface area contributed by atoms with Crippen molar-refractivity contribution in [1.82, 2.24) is 4.90 Å². The van der Waals surface area contributed by atoms with E-state index in [1.807, 2.05) is 0 Å². The fourth-order valence-corrected chi connectivity index (χ4v) is 2.74. The minimum Gasteiger partial charge on any atom is -0.384 e. The molecule has 2 fully saturated rings. The molecule has 1 N–H and O–H groups in total. The van der Waals surface area contributed by atoms with Crippen molar-refractivity contribution < 1.29 is 9.50 Å². The maximum absolute atomic E-state index is 13.2. The van der Waals surface area contributed by atoms with E-state index in [0.717, 1.165) is 18.5 Å². The summed E-state index contributed by atoms with van der Waals surface area (Å²) in [5.74, 6) is -0.200. The molecule has 1 aromatic carbocycles. The molecule has 92 valence electrons. The summed E-state index contributed by atoms with van der Waals surface area (Å²) in [6.07, 6.45) is 3.28. The number of hydrogen-bond acceptors (Lipinski definition) is 2. The summed E-state index contributed by atoms with van der Waals surface area (Å²) in [6, 6.07) is 5.65. The van der Waals surface area contributed by atoms with Gasteiger partial charge in [-0.15, -0.1) is 0 Å². The van der Waals surface area contributed by atoms with Crippen LogP contribution in [-0.2, 0) is 5.60 Å². The summed E-state index contributed by atoms with van der Waals surface area (Å²) >= 11 is 0. The van der Waals surface area contributed by atoms with Crippen LogP contribution in [0.5, 0.6) is 0 Å². The van der Waals surface area contributed by atoms with Crippen molar-refractivity contribution in [3.05, 3.63) is 35.1 Å². The highest BCUT2D eigenvalue weighted by molar-refractivity contribution is 5.30. The van der Waals surface area contributed by atoms with E-state index in [1.165, 1.54) is 18.9 Å². The van der Waals surface area contributed by atoms with E-state index in [0.29, 0.717) is 18.2 Å². The van der Waals surface area contributed by atoms with E-state index < -0.39 is 5.60 Å². The predicted octanol–water partition coefficient (Wildman–Crippen LogP) is 2.19. The van der Waals surface area contributed by atoms with E-state index >= 15 is 0 Å². The van der Waals surface area contributed by atoms with Gasteiger partial charge >= 0.3 is 0 Å². The van der Waals surface area contributed by atoms with Crippen molar-refractivity contribution in [2.45, 2.75) is 37.8 Å². The van der Waals surface area contributed by atoms with Crippen LogP contribution in [0, 0.1) is 12.7 Å². The Labute approximate surface area is 101 Å². The Bertz CT molecular complexity index is 444. The van der Waals surface area contributed by atoms with Crippen LogP contribution in [0.15, 0.2) is 18.2 Å². The van der Waals surface area contributed by atoms with Crippen LogP contribution in [0.1, 0.15) is 30.4 Å². The molecule has 1 aliphatic carbocycles. The van der Waals surface area contributed by atoms with Gasteiger partial charge in [-0.3, -0.25) is 4.90 Å². The first-order chi connectivity index (χ1) is 8.08. The zero-order chi connectivity index (χ0) is 12.0. The lowest BCUT2D eigenvalue weighted by atomic mass is 9.92. The second-order valence-corrected chi connectivity index (χ2v) is 5.45. The number of likely N-dealkylation sites (tertiary alicyclic amines) is 1. The molecule has 0 bridgehead atoms. The number of hydrogen-bond donors (Lipinski definition) is 1. The summed E-state index contributed by atoms with van der Waals surface area (Å²) in [5.41, 5.74) is 0.696. The maximum atomic E-state index is 13.2. The molecule has 3 heteroatoms. The number of nitrogens with zero attached hydrogens (tertiary/aromatic N) is 1. The van der Waals surface area contributed by atoms with Gasteiger partial charge in [-0.2, -0.15) is 0 Å². The van der Waals surface area contributed by atoms with Crippen LogP contribution >= 0.6 is 0 Å². The lowest BCUT2D eigenvalue weighted by Crippen LogP contribution is -2.31. The molecule has 1 aliphatic heterocycles. The standard InChI is InChI=1S/C14H18FNO/c1-10-8-11(2-5-13(10)15)14(17)6-7-16(9-14)12-3-4-12/h2,5,8,12,17H,3-4,6-7,9H2,1H3. The van der Waals surface area contributed by atoms with Gasteiger partial charge < -0.3 is 5.11 Å². The number of rotatable bonds is 2. The molecule has 17 heavy (non-hydrogen) atoms. The lowest BCUT2D eigenvalue weighted by Gasteiger charge is -2.24. The molecule has 3 rings (SSSR count). The van der Waals surface area contributed by atoms with Gasteiger partial charge in [0.2, 0.25) is 0 Å². The highest BCUT2D eigenvalue weighted by Gasteiger charge is 2.42. The molecule has 1 aromatic rings. The van der Waals surface area contributed by atoms with Crippen molar-refractivity contribution in [1.29, 1.82) is 0 Å². The van der Waals surface area contributed by atoms with Crippen LogP contribution in [0.3, 0.4) is 0 Å². The first-order valence-electron chi connectivity index (χ1n) is 6.31. The molecule has 0 aromatic heterocycles. The van der Waals surface area contributed by atoms with Crippen molar-refractivity contribution in [2.75, 3.05) is 13.1 Å². The molecule has 0 spiro atoms. The van der Waals surface area contributed by atoms with Crippen LogP contribution in [0.2, 0.25) is 0 Å². The normalized spacial score (nSPS) is 29.8. The van der Waals surface area contributed by atoms with Crippen molar-refractivity contribution in [3.8, 4) is 0 Å². The highest BCUT2D eigenvalue weighted by atomic mass is 19.1. The van der Waals surface area contributed by atoms with Gasteiger partial charge in [0, 0.05) is 19.1 Å². The van der Waals surface area contributed by atoms with Crippen molar-refractivity contribution in [2.24, 2.45) is 0 Å². The smallest absolute Gasteiger partial charge is 0.126 e. The third kappa shape index (κ3) is 1.98. The Kier molecular flexibility index (Phi) is 2.49. The average molecular weight is 235 g/mol. The summed E-state index contributed by atoms with van der Waals surface area (Å²) in [7, 11) is 0. The topological polar surface area (TPSA) is 23.5 Å². The molecular formula is C14H18FNO.